The SMILES string of the molecule is CCCC1CCc2cc(I)ccc2C1. The Balaban J connectivity index is 2.15. The maximum absolute atomic E-state index is 2.41. The van der Waals surface area contributed by atoms with Gasteiger partial charge in [-0.05, 0) is 71.0 Å². The van der Waals surface area contributed by atoms with Gasteiger partial charge in [0.25, 0.3) is 0 Å². The van der Waals surface area contributed by atoms with E-state index < -0.39 is 0 Å². The molecule has 0 nitrogen and oxygen atoms in total. The van der Waals surface area contributed by atoms with Crippen molar-refractivity contribution >= 4 is 22.6 Å². The van der Waals surface area contributed by atoms with Gasteiger partial charge in [-0.3, -0.25) is 0 Å². The summed E-state index contributed by atoms with van der Waals surface area (Å²) < 4.78 is 1.38. The molecule has 0 saturated carbocycles. The monoisotopic (exact) mass is 300 g/mol. The Morgan fingerprint density at radius 1 is 1.36 bits per heavy atom. The molecule has 14 heavy (non-hydrogen) atoms. The second-order valence-electron chi connectivity index (χ2n) is 4.31. The van der Waals surface area contributed by atoms with Crippen molar-refractivity contribution in [1.29, 1.82) is 0 Å². The van der Waals surface area contributed by atoms with E-state index in [2.05, 4.69) is 47.7 Å². The van der Waals surface area contributed by atoms with Crippen LogP contribution in [-0.4, -0.2) is 0 Å². The molecule has 0 saturated heterocycles. The third-order valence-corrected chi connectivity index (χ3v) is 3.87. The van der Waals surface area contributed by atoms with Crippen LogP contribution in [0.4, 0.5) is 0 Å². The zero-order chi connectivity index (χ0) is 9.97. The Kier molecular flexibility index (Phi) is 3.47. The van der Waals surface area contributed by atoms with Crippen LogP contribution in [0.15, 0.2) is 18.2 Å². The number of fused-ring (bicyclic) bond motifs is 1. The Bertz CT molecular complexity index is 317. The third-order valence-electron chi connectivity index (χ3n) is 3.20. The van der Waals surface area contributed by atoms with Gasteiger partial charge in [0.05, 0.1) is 0 Å². The molecule has 0 radical (unpaired) electrons. The molecule has 0 amide bonds. The zero-order valence-electron chi connectivity index (χ0n) is 8.72. The standard InChI is InChI=1S/C13H17I/c1-2-3-10-4-5-12-9-13(14)7-6-11(12)8-10/h6-7,9-10H,2-5,8H2,1H3. The van der Waals surface area contributed by atoms with Crippen molar-refractivity contribution in [2.45, 2.75) is 39.0 Å². The highest BCUT2D eigenvalue weighted by Crippen LogP contribution is 2.29. The van der Waals surface area contributed by atoms with Crippen molar-refractivity contribution in [3.8, 4) is 0 Å². The van der Waals surface area contributed by atoms with E-state index >= 15 is 0 Å². The first kappa shape index (κ1) is 10.5. The highest BCUT2D eigenvalue weighted by Gasteiger charge is 2.17. The Morgan fingerprint density at radius 2 is 2.21 bits per heavy atom. The van der Waals surface area contributed by atoms with Crippen LogP contribution in [0.3, 0.4) is 0 Å². The molecule has 2 rings (SSSR count). The summed E-state index contributed by atoms with van der Waals surface area (Å²) in [6.07, 6.45) is 6.77. The van der Waals surface area contributed by atoms with E-state index in [0.717, 1.165) is 5.92 Å². The minimum atomic E-state index is 0.951. The molecule has 1 unspecified atom stereocenters. The zero-order valence-corrected chi connectivity index (χ0v) is 10.9. The fourth-order valence-corrected chi connectivity index (χ4v) is 3.01. The lowest BCUT2D eigenvalue weighted by atomic mass is 9.82. The van der Waals surface area contributed by atoms with Crippen LogP contribution >= 0.6 is 22.6 Å². The van der Waals surface area contributed by atoms with Gasteiger partial charge in [-0.25, -0.2) is 0 Å². The third kappa shape index (κ3) is 2.30. The molecule has 76 valence electrons. The molecule has 1 atom stereocenters. The van der Waals surface area contributed by atoms with Crippen LogP contribution in [0.2, 0.25) is 0 Å². The lowest BCUT2D eigenvalue weighted by molar-refractivity contribution is 0.422. The van der Waals surface area contributed by atoms with Gasteiger partial charge < -0.3 is 0 Å². The van der Waals surface area contributed by atoms with Crippen molar-refractivity contribution in [1.82, 2.24) is 0 Å². The summed E-state index contributed by atoms with van der Waals surface area (Å²) in [5.41, 5.74) is 3.21. The molecule has 0 aromatic heterocycles. The van der Waals surface area contributed by atoms with Crippen LogP contribution in [-0.2, 0) is 12.8 Å². The van der Waals surface area contributed by atoms with E-state index in [1.165, 1.54) is 35.7 Å². The molecular weight excluding hydrogens is 283 g/mol. The number of hydrogen-bond acceptors (Lipinski definition) is 0. The number of benzene rings is 1. The Hall–Kier alpha value is -0.0500. The minimum Gasteiger partial charge on any atom is -0.0654 e. The summed E-state index contributed by atoms with van der Waals surface area (Å²) in [6, 6.07) is 6.94. The average molecular weight is 300 g/mol. The van der Waals surface area contributed by atoms with Gasteiger partial charge in [-0.15, -0.1) is 0 Å². The van der Waals surface area contributed by atoms with Crippen molar-refractivity contribution < 1.29 is 0 Å². The normalized spacial score (nSPS) is 20.6. The highest BCUT2D eigenvalue weighted by atomic mass is 127. The number of halogens is 1. The van der Waals surface area contributed by atoms with Gasteiger partial charge in [-0.1, -0.05) is 25.8 Å². The summed E-state index contributed by atoms with van der Waals surface area (Å²) in [4.78, 5) is 0. The van der Waals surface area contributed by atoms with E-state index in [1.54, 1.807) is 11.1 Å². The first-order valence-corrected chi connectivity index (χ1v) is 6.64. The van der Waals surface area contributed by atoms with Gasteiger partial charge in [0.15, 0.2) is 0 Å². The molecule has 0 heterocycles. The molecule has 1 heteroatoms. The van der Waals surface area contributed by atoms with E-state index in [9.17, 15) is 0 Å². The quantitative estimate of drug-likeness (QED) is 0.718. The van der Waals surface area contributed by atoms with E-state index in [0.29, 0.717) is 0 Å². The van der Waals surface area contributed by atoms with E-state index in [4.69, 9.17) is 0 Å². The van der Waals surface area contributed by atoms with Gasteiger partial charge in [-0.2, -0.15) is 0 Å². The Labute approximate surface area is 100 Å². The smallest absolute Gasteiger partial charge is 0.0133 e. The van der Waals surface area contributed by atoms with Crippen LogP contribution in [0.25, 0.3) is 0 Å². The van der Waals surface area contributed by atoms with Gasteiger partial charge in [0.2, 0.25) is 0 Å². The molecule has 0 aliphatic heterocycles. The summed E-state index contributed by atoms with van der Waals surface area (Å²) >= 11 is 2.41. The summed E-state index contributed by atoms with van der Waals surface area (Å²) in [7, 11) is 0. The number of aryl methyl sites for hydroxylation is 1. The molecule has 0 spiro atoms. The lowest BCUT2D eigenvalue weighted by Gasteiger charge is -2.24. The van der Waals surface area contributed by atoms with Crippen LogP contribution in [0, 0.1) is 9.49 Å². The number of hydrogen-bond donors (Lipinski definition) is 0. The fourth-order valence-electron chi connectivity index (χ4n) is 2.45. The summed E-state index contributed by atoms with van der Waals surface area (Å²) in [5.74, 6) is 0.951. The second kappa shape index (κ2) is 4.65. The maximum atomic E-state index is 2.41. The van der Waals surface area contributed by atoms with Crippen molar-refractivity contribution in [3.63, 3.8) is 0 Å². The topological polar surface area (TPSA) is 0 Å². The summed E-state index contributed by atoms with van der Waals surface area (Å²) in [5, 5.41) is 0. The molecule has 1 aliphatic carbocycles. The summed E-state index contributed by atoms with van der Waals surface area (Å²) in [6.45, 7) is 2.30. The van der Waals surface area contributed by atoms with Gasteiger partial charge in [0, 0.05) is 3.57 Å². The number of rotatable bonds is 2. The van der Waals surface area contributed by atoms with Crippen LogP contribution < -0.4 is 0 Å². The van der Waals surface area contributed by atoms with Gasteiger partial charge in [0.1, 0.15) is 0 Å². The molecule has 0 N–H and O–H groups in total. The first-order valence-electron chi connectivity index (χ1n) is 5.57. The highest BCUT2D eigenvalue weighted by molar-refractivity contribution is 14.1. The molecule has 1 aliphatic rings. The molecular formula is C13H17I. The molecule has 0 fully saturated rings. The second-order valence-corrected chi connectivity index (χ2v) is 5.56. The Morgan fingerprint density at radius 3 is 3.00 bits per heavy atom. The fraction of sp³-hybridized carbons (Fsp3) is 0.538. The molecule has 1 aromatic carbocycles. The van der Waals surface area contributed by atoms with E-state index in [1.807, 2.05) is 0 Å². The largest absolute Gasteiger partial charge is 0.0654 e. The van der Waals surface area contributed by atoms with Crippen molar-refractivity contribution in [2.24, 2.45) is 5.92 Å². The minimum absolute atomic E-state index is 0.951. The lowest BCUT2D eigenvalue weighted by Crippen LogP contribution is -2.14. The van der Waals surface area contributed by atoms with Crippen LogP contribution in [0.5, 0.6) is 0 Å². The predicted octanol–water partition coefficient (Wildman–Crippen LogP) is 4.20. The van der Waals surface area contributed by atoms with Crippen molar-refractivity contribution in [2.75, 3.05) is 0 Å². The molecule has 0 bridgehead atoms. The van der Waals surface area contributed by atoms with Crippen LogP contribution in [0.1, 0.15) is 37.3 Å². The van der Waals surface area contributed by atoms with E-state index in [-0.39, 0.29) is 0 Å². The molecule has 1 aromatic rings. The predicted molar refractivity (Wildman–Crippen MR) is 69.6 cm³/mol. The first-order chi connectivity index (χ1) is 6.79. The maximum Gasteiger partial charge on any atom is 0.0133 e. The van der Waals surface area contributed by atoms with Crippen molar-refractivity contribution in [3.05, 3.63) is 32.9 Å². The average Bonchev–Trinajstić information content (AvgIpc) is 2.19. The van der Waals surface area contributed by atoms with Gasteiger partial charge >= 0.3 is 0 Å².